The summed E-state index contributed by atoms with van der Waals surface area (Å²) in [6.45, 7) is 6.44. The Morgan fingerprint density at radius 3 is 1.60 bits per heavy atom. The van der Waals surface area contributed by atoms with Gasteiger partial charge in [-0.1, -0.05) is 70.6 Å². The van der Waals surface area contributed by atoms with Crippen molar-refractivity contribution < 1.29 is 4.74 Å². The fraction of sp³-hybridized carbons (Fsp3) is 0.667. The Morgan fingerprint density at radius 2 is 1.25 bits per heavy atom. The van der Waals surface area contributed by atoms with Gasteiger partial charge in [0.2, 0.25) is 0 Å². The van der Waals surface area contributed by atoms with Crippen LogP contribution in [0.2, 0.25) is 0 Å². The lowest BCUT2D eigenvalue weighted by Crippen LogP contribution is -1.96. The van der Waals surface area contributed by atoms with Gasteiger partial charge in [-0.15, -0.1) is 0 Å². The van der Waals surface area contributed by atoms with Crippen LogP contribution < -0.4 is 0 Å². The molecular formula is C18H31IO. The molecule has 1 aromatic rings. The highest BCUT2D eigenvalue weighted by Crippen LogP contribution is 2.02. The van der Waals surface area contributed by atoms with E-state index in [2.05, 4.69) is 48.6 Å². The maximum absolute atomic E-state index is 5.53. The van der Waals surface area contributed by atoms with E-state index in [0.29, 0.717) is 0 Å². The molecule has 1 nitrogen and oxygen atoms in total. The van der Waals surface area contributed by atoms with Gasteiger partial charge in [-0.2, -0.15) is 0 Å². The van der Waals surface area contributed by atoms with Gasteiger partial charge < -0.3 is 4.74 Å². The molecular weight excluding hydrogens is 359 g/mol. The van der Waals surface area contributed by atoms with E-state index in [1.165, 1.54) is 54.9 Å². The summed E-state index contributed by atoms with van der Waals surface area (Å²) in [6, 6.07) is 10.2. The predicted molar refractivity (Wildman–Crippen MR) is 98.3 cm³/mol. The van der Waals surface area contributed by atoms with Crippen LogP contribution in [0.5, 0.6) is 0 Å². The van der Waals surface area contributed by atoms with Gasteiger partial charge in [0.25, 0.3) is 0 Å². The third-order valence-corrected chi connectivity index (χ3v) is 3.74. The minimum atomic E-state index is 0.978. The minimum absolute atomic E-state index is 0.978. The molecule has 0 saturated carbocycles. The first-order valence-electron chi connectivity index (χ1n) is 8.09. The maximum atomic E-state index is 5.53. The number of hydrogen-bond acceptors (Lipinski definition) is 1. The topological polar surface area (TPSA) is 9.23 Å². The summed E-state index contributed by atoms with van der Waals surface area (Å²) in [5, 5.41) is 0. The summed E-state index contributed by atoms with van der Waals surface area (Å²) in [5.41, 5.74) is 0. The Morgan fingerprint density at radius 1 is 0.750 bits per heavy atom. The summed E-state index contributed by atoms with van der Waals surface area (Å²) < 4.78 is 6.82. The van der Waals surface area contributed by atoms with Crippen LogP contribution in [-0.2, 0) is 4.74 Å². The second-order valence-corrected chi connectivity index (χ2v) is 6.27. The van der Waals surface area contributed by atoms with Crippen LogP contribution in [-0.4, -0.2) is 13.2 Å². The van der Waals surface area contributed by atoms with Crippen molar-refractivity contribution in [2.45, 2.75) is 65.2 Å². The first-order chi connectivity index (χ1) is 9.81. The Balaban J connectivity index is 0.000000428. The van der Waals surface area contributed by atoms with E-state index < -0.39 is 0 Å². The zero-order valence-electron chi connectivity index (χ0n) is 13.2. The molecule has 116 valence electrons. The molecule has 0 unspecified atom stereocenters. The van der Waals surface area contributed by atoms with Crippen LogP contribution in [0.25, 0.3) is 0 Å². The molecule has 0 heterocycles. The molecule has 0 N–H and O–H groups in total. The fourth-order valence-corrected chi connectivity index (χ4v) is 2.19. The fourth-order valence-electron chi connectivity index (χ4n) is 1.78. The van der Waals surface area contributed by atoms with Gasteiger partial charge >= 0.3 is 0 Å². The third kappa shape index (κ3) is 16.0. The molecule has 20 heavy (non-hydrogen) atoms. The molecule has 0 fully saturated rings. The van der Waals surface area contributed by atoms with E-state index in [-0.39, 0.29) is 0 Å². The normalized spacial score (nSPS) is 9.95. The Bertz CT molecular complexity index is 264. The van der Waals surface area contributed by atoms with Gasteiger partial charge in [-0.25, -0.2) is 0 Å². The molecule has 0 radical (unpaired) electrons. The SMILES string of the molecule is CCCCCCOCCCCCC.Ic1ccccc1. The third-order valence-electron chi connectivity index (χ3n) is 3.02. The summed E-state index contributed by atoms with van der Waals surface area (Å²) in [4.78, 5) is 0. The second-order valence-electron chi connectivity index (χ2n) is 5.03. The predicted octanol–water partition coefficient (Wildman–Crippen LogP) is 6.45. The number of benzene rings is 1. The van der Waals surface area contributed by atoms with Crippen molar-refractivity contribution in [3.05, 3.63) is 33.9 Å². The molecule has 0 aromatic heterocycles. The lowest BCUT2D eigenvalue weighted by molar-refractivity contribution is 0.126. The van der Waals surface area contributed by atoms with Crippen LogP contribution in [0.15, 0.2) is 30.3 Å². The molecule has 0 spiro atoms. The van der Waals surface area contributed by atoms with Crippen LogP contribution in [0.1, 0.15) is 65.2 Å². The van der Waals surface area contributed by atoms with E-state index in [0.717, 1.165) is 13.2 Å². The summed E-state index contributed by atoms with van der Waals surface area (Å²) in [5.74, 6) is 0. The highest BCUT2D eigenvalue weighted by Gasteiger charge is 1.90. The Hall–Kier alpha value is -0.0900. The van der Waals surface area contributed by atoms with Crippen molar-refractivity contribution >= 4 is 22.6 Å². The van der Waals surface area contributed by atoms with Gasteiger partial charge in [0, 0.05) is 16.8 Å². The largest absolute Gasteiger partial charge is 0.381 e. The Labute approximate surface area is 139 Å². The number of rotatable bonds is 10. The quantitative estimate of drug-likeness (QED) is 0.329. The van der Waals surface area contributed by atoms with E-state index in [1.807, 2.05) is 18.2 Å². The lowest BCUT2D eigenvalue weighted by Gasteiger charge is -2.03. The molecule has 2 heteroatoms. The molecule has 0 saturated heterocycles. The second kappa shape index (κ2) is 17.0. The van der Waals surface area contributed by atoms with E-state index in [4.69, 9.17) is 4.74 Å². The molecule has 0 aliphatic rings. The molecule has 0 atom stereocenters. The van der Waals surface area contributed by atoms with Crippen molar-refractivity contribution in [2.24, 2.45) is 0 Å². The Kier molecular flexibility index (Phi) is 16.9. The van der Waals surface area contributed by atoms with Gasteiger partial charge in [0.1, 0.15) is 0 Å². The first kappa shape index (κ1) is 19.9. The van der Waals surface area contributed by atoms with Gasteiger partial charge in [-0.3, -0.25) is 0 Å². The highest BCUT2D eigenvalue weighted by molar-refractivity contribution is 14.1. The maximum Gasteiger partial charge on any atom is 0.0466 e. The number of unbranched alkanes of at least 4 members (excludes halogenated alkanes) is 6. The number of halogens is 1. The smallest absolute Gasteiger partial charge is 0.0466 e. The monoisotopic (exact) mass is 390 g/mol. The van der Waals surface area contributed by atoms with Gasteiger partial charge in [0.15, 0.2) is 0 Å². The summed E-state index contributed by atoms with van der Waals surface area (Å²) in [7, 11) is 0. The molecule has 0 amide bonds. The molecule has 1 rings (SSSR count). The van der Waals surface area contributed by atoms with Crippen molar-refractivity contribution in [1.29, 1.82) is 0 Å². The van der Waals surface area contributed by atoms with Crippen LogP contribution >= 0.6 is 22.6 Å². The van der Waals surface area contributed by atoms with E-state index in [1.54, 1.807) is 0 Å². The van der Waals surface area contributed by atoms with E-state index in [9.17, 15) is 0 Å². The lowest BCUT2D eigenvalue weighted by atomic mass is 10.2. The molecule has 0 aliphatic carbocycles. The summed E-state index contributed by atoms with van der Waals surface area (Å²) in [6.07, 6.45) is 10.5. The molecule has 0 aliphatic heterocycles. The van der Waals surface area contributed by atoms with Crippen molar-refractivity contribution in [1.82, 2.24) is 0 Å². The van der Waals surface area contributed by atoms with Crippen molar-refractivity contribution in [2.75, 3.05) is 13.2 Å². The average molecular weight is 390 g/mol. The van der Waals surface area contributed by atoms with Crippen LogP contribution in [0, 0.1) is 3.57 Å². The standard InChI is InChI=1S/C12H26O.C6H5I/c1-3-5-7-9-11-13-12-10-8-6-4-2;7-6-4-2-1-3-5-6/h3-12H2,1-2H3;1-5H. The van der Waals surface area contributed by atoms with E-state index >= 15 is 0 Å². The van der Waals surface area contributed by atoms with Crippen LogP contribution in [0.4, 0.5) is 0 Å². The highest BCUT2D eigenvalue weighted by atomic mass is 127. The summed E-state index contributed by atoms with van der Waals surface area (Å²) >= 11 is 2.28. The molecule has 1 aromatic carbocycles. The zero-order chi connectivity index (χ0) is 14.9. The van der Waals surface area contributed by atoms with Gasteiger partial charge in [-0.05, 0) is 47.6 Å². The van der Waals surface area contributed by atoms with Crippen molar-refractivity contribution in [3.8, 4) is 0 Å². The number of ether oxygens (including phenoxy) is 1. The van der Waals surface area contributed by atoms with Crippen molar-refractivity contribution in [3.63, 3.8) is 0 Å². The minimum Gasteiger partial charge on any atom is -0.381 e. The zero-order valence-corrected chi connectivity index (χ0v) is 15.4. The first-order valence-corrected chi connectivity index (χ1v) is 9.17. The number of hydrogen-bond donors (Lipinski definition) is 0. The van der Waals surface area contributed by atoms with Gasteiger partial charge in [0.05, 0.1) is 0 Å². The van der Waals surface area contributed by atoms with Crippen LogP contribution in [0.3, 0.4) is 0 Å². The molecule has 0 bridgehead atoms. The average Bonchev–Trinajstić information content (AvgIpc) is 2.47.